The minimum absolute atomic E-state index is 1.11. The molecule has 0 spiro atoms. The van der Waals surface area contributed by atoms with Gasteiger partial charge >= 0.3 is 0 Å². The minimum Gasteiger partial charge on any atom is -0.315 e. The van der Waals surface area contributed by atoms with E-state index in [1.165, 1.54) is 32.6 Å². The van der Waals surface area contributed by atoms with Gasteiger partial charge in [0.1, 0.15) is 0 Å². The van der Waals surface area contributed by atoms with Gasteiger partial charge in [0, 0.05) is 26.2 Å². The fourth-order valence-corrected chi connectivity index (χ4v) is 1.54. The van der Waals surface area contributed by atoms with Crippen molar-refractivity contribution in [1.82, 2.24) is 15.1 Å². The molecule has 3 nitrogen and oxygen atoms in total. The molecule has 0 aliphatic rings. The molecular formula is C12H29N3. The van der Waals surface area contributed by atoms with Gasteiger partial charge in [0.25, 0.3) is 0 Å². The first-order valence-electron chi connectivity index (χ1n) is 6.36. The predicted octanol–water partition coefficient (Wildman–Crippen LogP) is 1.26. The second-order valence-corrected chi connectivity index (χ2v) is 4.08. The number of hydrogen-bond donors (Lipinski definition) is 1. The molecular weight excluding hydrogens is 186 g/mol. The first-order valence-corrected chi connectivity index (χ1v) is 6.36. The Bertz CT molecular complexity index is 124. The molecule has 0 aliphatic heterocycles. The van der Waals surface area contributed by atoms with Crippen LogP contribution in [0.15, 0.2) is 0 Å². The predicted molar refractivity (Wildman–Crippen MR) is 68.4 cm³/mol. The van der Waals surface area contributed by atoms with Crippen molar-refractivity contribution in [1.29, 1.82) is 0 Å². The Hall–Kier alpha value is -0.120. The Morgan fingerprint density at radius 3 is 2.07 bits per heavy atom. The maximum Gasteiger partial charge on any atom is 0.0109 e. The van der Waals surface area contributed by atoms with Gasteiger partial charge in [-0.05, 0) is 33.1 Å². The molecule has 0 saturated carbocycles. The molecule has 0 saturated heterocycles. The van der Waals surface area contributed by atoms with Crippen LogP contribution in [0.1, 0.15) is 27.2 Å². The van der Waals surface area contributed by atoms with Crippen molar-refractivity contribution in [2.24, 2.45) is 0 Å². The molecule has 0 amide bonds. The maximum absolute atomic E-state index is 3.43. The third-order valence-electron chi connectivity index (χ3n) is 2.79. The monoisotopic (exact) mass is 215 g/mol. The Kier molecular flexibility index (Phi) is 10.3. The number of nitrogens with zero attached hydrogens (tertiary/aromatic N) is 2. The summed E-state index contributed by atoms with van der Waals surface area (Å²) in [4.78, 5) is 4.87. The summed E-state index contributed by atoms with van der Waals surface area (Å²) in [5, 5.41) is 3.43. The summed E-state index contributed by atoms with van der Waals surface area (Å²) in [5.74, 6) is 0. The minimum atomic E-state index is 1.11. The normalized spacial score (nSPS) is 11.6. The van der Waals surface area contributed by atoms with E-state index < -0.39 is 0 Å². The lowest BCUT2D eigenvalue weighted by atomic mass is 10.4. The van der Waals surface area contributed by atoms with Crippen molar-refractivity contribution in [3.8, 4) is 0 Å². The Labute approximate surface area is 95.8 Å². The number of nitrogens with one attached hydrogen (secondary N) is 1. The zero-order valence-electron chi connectivity index (χ0n) is 11.1. The van der Waals surface area contributed by atoms with Gasteiger partial charge in [0.15, 0.2) is 0 Å². The van der Waals surface area contributed by atoms with E-state index in [2.05, 4.69) is 42.9 Å². The average molecular weight is 215 g/mol. The zero-order valence-corrected chi connectivity index (χ0v) is 11.1. The highest BCUT2D eigenvalue weighted by Crippen LogP contribution is 1.88. The van der Waals surface area contributed by atoms with Crippen LogP contribution in [0.3, 0.4) is 0 Å². The molecule has 3 heteroatoms. The van der Waals surface area contributed by atoms with Gasteiger partial charge in [-0.1, -0.05) is 20.8 Å². The fourth-order valence-electron chi connectivity index (χ4n) is 1.54. The Balaban J connectivity index is 3.35. The van der Waals surface area contributed by atoms with Crippen molar-refractivity contribution < 1.29 is 0 Å². The quantitative estimate of drug-likeness (QED) is 0.554. The van der Waals surface area contributed by atoms with Gasteiger partial charge in [-0.25, -0.2) is 0 Å². The number of hydrogen-bond acceptors (Lipinski definition) is 3. The second-order valence-electron chi connectivity index (χ2n) is 4.08. The zero-order chi connectivity index (χ0) is 11.5. The van der Waals surface area contributed by atoms with Crippen LogP contribution >= 0.6 is 0 Å². The van der Waals surface area contributed by atoms with Gasteiger partial charge in [0.05, 0.1) is 0 Å². The number of likely N-dealkylation sites (N-methyl/N-ethyl adjacent to an activating group) is 2. The van der Waals surface area contributed by atoms with Crippen molar-refractivity contribution in [3.05, 3.63) is 0 Å². The van der Waals surface area contributed by atoms with E-state index in [0.29, 0.717) is 0 Å². The average Bonchev–Trinajstić information content (AvgIpc) is 2.26. The Morgan fingerprint density at radius 2 is 1.53 bits per heavy atom. The summed E-state index contributed by atoms with van der Waals surface area (Å²) in [7, 11) is 2.21. The van der Waals surface area contributed by atoms with Crippen molar-refractivity contribution in [2.75, 3.05) is 52.9 Å². The maximum atomic E-state index is 3.43. The van der Waals surface area contributed by atoms with Crippen LogP contribution in [-0.2, 0) is 0 Å². The largest absolute Gasteiger partial charge is 0.315 e. The second kappa shape index (κ2) is 10.4. The van der Waals surface area contributed by atoms with E-state index in [1.807, 2.05) is 0 Å². The van der Waals surface area contributed by atoms with Crippen LogP contribution in [0.2, 0.25) is 0 Å². The van der Waals surface area contributed by atoms with E-state index >= 15 is 0 Å². The molecule has 0 atom stereocenters. The van der Waals surface area contributed by atoms with Gasteiger partial charge in [-0.2, -0.15) is 0 Å². The third kappa shape index (κ3) is 8.85. The van der Waals surface area contributed by atoms with E-state index in [1.54, 1.807) is 0 Å². The highest BCUT2D eigenvalue weighted by atomic mass is 15.2. The molecule has 0 aromatic heterocycles. The fraction of sp³-hybridized carbons (Fsp3) is 1.00. The molecule has 0 aromatic rings. The molecule has 0 rings (SSSR count). The molecule has 0 aliphatic carbocycles. The van der Waals surface area contributed by atoms with Crippen LogP contribution in [0.4, 0.5) is 0 Å². The Morgan fingerprint density at radius 1 is 0.867 bits per heavy atom. The number of rotatable bonds is 10. The lowest BCUT2D eigenvalue weighted by molar-refractivity contribution is 0.241. The molecule has 15 heavy (non-hydrogen) atoms. The molecule has 0 unspecified atom stereocenters. The summed E-state index contributed by atoms with van der Waals surface area (Å²) in [6.07, 6.45) is 1.23. The summed E-state index contributed by atoms with van der Waals surface area (Å²) in [6.45, 7) is 14.8. The van der Waals surface area contributed by atoms with Crippen LogP contribution < -0.4 is 5.32 Å². The van der Waals surface area contributed by atoms with Gasteiger partial charge < -0.3 is 15.1 Å². The van der Waals surface area contributed by atoms with Gasteiger partial charge in [-0.3, -0.25) is 0 Å². The van der Waals surface area contributed by atoms with Crippen molar-refractivity contribution in [2.45, 2.75) is 27.2 Å². The third-order valence-corrected chi connectivity index (χ3v) is 2.79. The molecule has 92 valence electrons. The molecule has 0 radical (unpaired) electrons. The van der Waals surface area contributed by atoms with Gasteiger partial charge in [-0.15, -0.1) is 0 Å². The van der Waals surface area contributed by atoms with Crippen LogP contribution in [0.5, 0.6) is 0 Å². The highest BCUT2D eigenvalue weighted by Gasteiger charge is 2.01. The standard InChI is InChI=1S/C12H29N3/c1-5-8-13-9-10-14(4)11-12-15(6-2)7-3/h13H,5-12H2,1-4H3. The molecule has 0 bridgehead atoms. The van der Waals surface area contributed by atoms with E-state index in [-0.39, 0.29) is 0 Å². The molecule has 1 N–H and O–H groups in total. The van der Waals surface area contributed by atoms with Crippen molar-refractivity contribution >= 4 is 0 Å². The highest BCUT2D eigenvalue weighted by molar-refractivity contribution is 4.59. The van der Waals surface area contributed by atoms with Gasteiger partial charge in [0.2, 0.25) is 0 Å². The molecule has 0 fully saturated rings. The van der Waals surface area contributed by atoms with Crippen LogP contribution in [-0.4, -0.2) is 62.7 Å². The summed E-state index contributed by atoms with van der Waals surface area (Å²) >= 11 is 0. The summed E-state index contributed by atoms with van der Waals surface area (Å²) in [6, 6.07) is 0. The lowest BCUT2D eigenvalue weighted by Gasteiger charge is -2.23. The summed E-state index contributed by atoms with van der Waals surface area (Å²) < 4.78 is 0. The molecule has 0 heterocycles. The SMILES string of the molecule is CCCNCCN(C)CCN(CC)CC. The lowest BCUT2D eigenvalue weighted by Crippen LogP contribution is -2.36. The first-order chi connectivity index (χ1) is 7.24. The van der Waals surface area contributed by atoms with Crippen LogP contribution in [0, 0.1) is 0 Å². The first kappa shape index (κ1) is 14.9. The smallest absolute Gasteiger partial charge is 0.0109 e. The van der Waals surface area contributed by atoms with Crippen molar-refractivity contribution in [3.63, 3.8) is 0 Å². The summed E-state index contributed by atoms with van der Waals surface area (Å²) in [5.41, 5.74) is 0. The van der Waals surface area contributed by atoms with E-state index in [0.717, 1.165) is 19.6 Å². The van der Waals surface area contributed by atoms with E-state index in [9.17, 15) is 0 Å². The van der Waals surface area contributed by atoms with E-state index in [4.69, 9.17) is 0 Å². The van der Waals surface area contributed by atoms with Crippen LogP contribution in [0.25, 0.3) is 0 Å². The topological polar surface area (TPSA) is 18.5 Å². The molecule has 0 aromatic carbocycles.